The maximum atomic E-state index is 11.1. The zero-order valence-electron chi connectivity index (χ0n) is 7.96. The summed E-state index contributed by atoms with van der Waals surface area (Å²) in [5, 5.41) is 3.65. The van der Waals surface area contributed by atoms with Gasteiger partial charge < -0.3 is 11.1 Å². The molecule has 3 N–H and O–H groups in total. The van der Waals surface area contributed by atoms with Gasteiger partial charge in [0.05, 0.1) is 0 Å². The van der Waals surface area contributed by atoms with Crippen molar-refractivity contribution in [3.8, 4) is 0 Å². The predicted octanol–water partition coefficient (Wildman–Crippen LogP) is 1.48. The Morgan fingerprint density at radius 3 is 2.50 bits per heavy atom. The monoisotopic (exact) mass is 212 g/mol. The standard InChI is InChI=1S/C10H13ClN2O/c1-2-13-9(10(12)14)7-3-5-8(11)6-4-7/h3-6,9,13H,2H2,1H3,(H2,12,14). The first-order valence-electron chi connectivity index (χ1n) is 4.43. The normalized spacial score (nSPS) is 12.4. The molecule has 3 nitrogen and oxygen atoms in total. The molecule has 0 aliphatic carbocycles. The van der Waals surface area contributed by atoms with Crippen molar-refractivity contribution in [2.24, 2.45) is 5.73 Å². The molecule has 0 radical (unpaired) electrons. The Bertz CT molecular complexity index is 310. The van der Waals surface area contributed by atoms with Crippen molar-refractivity contribution in [1.82, 2.24) is 5.32 Å². The second kappa shape index (κ2) is 4.98. The number of rotatable bonds is 4. The van der Waals surface area contributed by atoms with Crippen molar-refractivity contribution in [2.45, 2.75) is 13.0 Å². The summed E-state index contributed by atoms with van der Waals surface area (Å²) in [6.07, 6.45) is 0. The van der Waals surface area contributed by atoms with E-state index in [-0.39, 0.29) is 5.91 Å². The molecule has 0 saturated heterocycles. The zero-order chi connectivity index (χ0) is 10.6. The number of primary amides is 1. The van der Waals surface area contributed by atoms with Gasteiger partial charge in [-0.2, -0.15) is 0 Å². The second-order valence-corrected chi connectivity index (χ2v) is 3.38. The van der Waals surface area contributed by atoms with Crippen LogP contribution < -0.4 is 11.1 Å². The van der Waals surface area contributed by atoms with E-state index in [2.05, 4.69) is 5.32 Å². The van der Waals surface area contributed by atoms with Crippen LogP contribution in [0.15, 0.2) is 24.3 Å². The highest BCUT2D eigenvalue weighted by atomic mass is 35.5. The molecular formula is C10H13ClN2O. The van der Waals surface area contributed by atoms with E-state index in [9.17, 15) is 4.79 Å². The summed E-state index contributed by atoms with van der Waals surface area (Å²) in [5.74, 6) is -0.380. The average molecular weight is 213 g/mol. The van der Waals surface area contributed by atoms with E-state index in [1.54, 1.807) is 24.3 Å². The summed E-state index contributed by atoms with van der Waals surface area (Å²) in [7, 11) is 0. The molecular weight excluding hydrogens is 200 g/mol. The van der Waals surface area contributed by atoms with Gasteiger partial charge >= 0.3 is 0 Å². The number of carbonyl (C=O) groups is 1. The van der Waals surface area contributed by atoms with Gasteiger partial charge in [0.2, 0.25) is 5.91 Å². The average Bonchev–Trinajstić information content (AvgIpc) is 2.15. The Morgan fingerprint density at radius 2 is 2.07 bits per heavy atom. The molecule has 0 aliphatic rings. The highest BCUT2D eigenvalue weighted by molar-refractivity contribution is 6.30. The number of benzene rings is 1. The first kappa shape index (κ1) is 11.0. The van der Waals surface area contributed by atoms with Crippen LogP contribution in [0.2, 0.25) is 5.02 Å². The van der Waals surface area contributed by atoms with Crippen LogP contribution in [0.25, 0.3) is 0 Å². The number of nitrogens with two attached hydrogens (primary N) is 1. The Kier molecular flexibility index (Phi) is 3.92. The van der Waals surface area contributed by atoms with Crippen molar-refractivity contribution in [3.05, 3.63) is 34.9 Å². The first-order valence-corrected chi connectivity index (χ1v) is 4.81. The van der Waals surface area contributed by atoms with E-state index in [1.807, 2.05) is 6.92 Å². The van der Waals surface area contributed by atoms with E-state index < -0.39 is 6.04 Å². The molecule has 1 atom stereocenters. The van der Waals surface area contributed by atoms with Crippen molar-refractivity contribution in [1.29, 1.82) is 0 Å². The molecule has 14 heavy (non-hydrogen) atoms. The van der Waals surface area contributed by atoms with Gasteiger partial charge in [0, 0.05) is 5.02 Å². The molecule has 4 heteroatoms. The molecule has 0 bridgehead atoms. The molecule has 1 aromatic carbocycles. The van der Waals surface area contributed by atoms with Crippen LogP contribution in [0.4, 0.5) is 0 Å². The zero-order valence-corrected chi connectivity index (χ0v) is 8.71. The maximum Gasteiger partial charge on any atom is 0.239 e. The molecule has 1 amide bonds. The topological polar surface area (TPSA) is 55.1 Å². The molecule has 0 heterocycles. The van der Waals surface area contributed by atoms with Crippen LogP contribution in [0, 0.1) is 0 Å². The van der Waals surface area contributed by atoms with Gasteiger partial charge in [0.1, 0.15) is 6.04 Å². The number of amides is 1. The van der Waals surface area contributed by atoms with E-state index in [0.29, 0.717) is 11.6 Å². The third kappa shape index (κ3) is 2.72. The fourth-order valence-electron chi connectivity index (χ4n) is 1.24. The van der Waals surface area contributed by atoms with Crippen molar-refractivity contribution in [3.63, 3.8) is 0 Å². The van der Waals surface area contributed by atoms with Crippen LogP contribution in [0.5, 0.6) is 0 Å². The molecule has 0 aromatic heterocycles. The number of halogens is 1. The molecule has 1 rings (SSSR count). The highest BCUT2D eigenvalue weighted by Crippen LogP contribution is 2.15. The number of hydrogen-bond donors (Lipinski definition) is 2. The number of nitrogens with one attached hydrogen (secondary N) is 1. The van der Waals surface area contributed by atoms with Crippen molar-refractivity contribution < 1.29 is 4.79 Å². The van der Waals surface area contributed by atoms with Gasteiger partial charge in [-0.05, 0) is 24.2 Å². The summed E-state index contributed by atoms with van der Waals surface area (Å²) >= 11 is 5.74. The number of carbonyl (C=O) groups excluding carboxylic acids is 1. The van der Waals surface area contributed by atoms with E-state index in [4.69, 9.17) is 17.3 Å². The highest BCUT2D eigenvalue weighted by Gasteiger charge is 2.15. The summed E-state index contributed by atoms with van der Waals surface area (Å²) in [6, 6.07) is 6.63. The summed E-state index contributed by atoms with van der Waals surface area (Å²) in [5.41, 5.74) is 6.10. The Labute approximate surface area is 88.2 Å². The minimum Gasteiger partial charge on any atom is -0.368 e. The SMILES string of the molecule is CCNC(C(N)=O)c1ccc(Cl)cc1. The molecule has 0 fully saturated rings. The van der Waals surface area contributed by atoms with Crippen molar-refractivity contribution in [2.75, 3.05) is 6.54 Å². The third-order valence-corrected chi connectivity index (χ3v) is 2.15. The van der Waals surface area contributed by atoms with Crippen LogP contribution in [0.1, 0.15) is 18.5 Å². The van der Waals surface area contributed by atoms with E-state index in [0.717, 1.165) is 5.56 Å². The van der Waals surface area contributed by atoms with Gasteiger partial charge in [0.15, 0.2) is 0 Å². The fraction of sp³-hybridized carbons (Fsp3) is 0.300. The minimum absolute atomic E-state index is 0.380. The van der Waals surface area contributed by atoms with Gasteiger partial charge in [-0.1, -0.05) is 30.7 Å². The van der Waals surface area contributed by atoms with Crippen LogP contribution in [0.3, 0.4) is 0 Å². The lowest BCUT2D eigenvalue weighted by molar-refractivity contribution is -0.120. The maximum absolute atomic E-state index is 11.1. The lowest BCUT2D eigenvalue weighted by atomic mass is 10.1. The lowest BCUT2D eigenvalue weighted by Crippen LogP contribution is -2.33. The molecule has 1 aromatic rings. The molecule has 0 spiro atoms. The summed E-state index contributed by atoms with van der Waals surface area (Å²) in [4.78, 5) is 11.1. The fourth-order valence-corrected chi connectivity index (χ4v) is 1.37. The van der Waals surface area contributed by atoms with E-state index >= 15 is 0 Å². The Morgan fingerprint density at radius 1 is 1.50 bits per heavy atom. The van der Waals surface area contributed by atoms with Crippen molar-refractivity contribution >= 4 is 17.5 Å². The molecule has 76 valence electrons. The lowest BCUT2D eigenvalue weighted by Gasteiger charge is -2.14. The van der Waals surface area contributed by atoms with E-state index in [1.165, 1.54) is 0 Å². The first-order chi connectivity index (χ1) is 6.65. The minimum atomic E-state index is -0.433. The van der Waals surface area contributed by atoms with Gasteiger partial charge in [-0.15, -0.1) is 0 Å². The Hall–Kier alpha value is -1.06. The van der Waals surface area contributed by atoms with Gasteiger partial charge in [-0.25, -0.2) is 0 Å². The molecule has 1 unspecified atom stereocenters. The third-order valence-electron chi connectivity index (χ3n) is 1.90. The second-order valence-electron chi connectivity index (χ2n) is 2.94. The number of hydrogen-bond acceptors (Lipinski definition) is 2. The molecule has 0 saturated carbocycles. The van der Waals surface area contributed by atoms with Gasteiger partial charge in [-0.3, -0.25) is 4.79 Å². The predicted molar refractivity (Wildman–Crippen MR) is 57.1 cm³/mol. The Balaban J connectivity index is 2.87. The van der Waals surface area contributed by atoms with Crippen LogP contribution >= 0.6 is 11.6 Å². The van der Waals surface area contributed by atoms with Gasteiger partial charge in [0.25, 0.3) is 0 Å². The van der Waals surface area contributed by atoms with Crippen LogP contribution in [-0.4, -0.2) is 12.5 Å². The quantitative estimate of drug-likeness (QED) is 0.795. The molecule has 0 aliphatic heterocycles. The smallest absolute Gasteiger partial charge is 0.239 e. The van der Waals surface area contributed by atoms with Crippen LogP contribution in [-0.2, 0) is 4.79 Å². The summed E-state index contributed by atoms with van der Waals surface area (Å²) < 4.78 is 0. The summed E-state index contributed by atoms with van der Waals surface area (Å²) in [6.45, 7) is 2.61. The number of likely N-dealkylation sites (N-methyl/N-ethyl adjacent to an activating group) is 1. The largest absolute Gasteiger partial charge is 0.368 e.